The lowest BCUT2D eigenvalue weighted by Gasteiger charge is -2.31. The van der Waals surface area contributed by atoms with E-state index in [1.807, 2.05) is 4.90 Å². The van der Waals surface area contributed by atoms with Crippen LogP contribution in [0.1, 0.15) is 26.7 Å². The smallest absolute Gasteiger partial charge is 0.256 e. The van der Waals surface area contributed by atoms with Crippen molar-refractivity contribution in [3.8, 4) is 0 Å². The van der Waals surface area contributed by atoms with E-state index in [0.29, 0.717) is 5.92 Å². The fourth-order valence-electron chi connectivity index (χ4n) is 2.11. The molecule has 1 amide bonds. The largest absolute Gasteiger partial charge is 0.336 e. The summed E-state index contributed by atoms with van der Waals surface area (Å²) in [5.41, 5.74) is 0. The van der Waals surface area contributed by atoms with Crippen molar-refractivity contribution in [2.45, 2.75) is 37.6 Å². The second-order valence-electron chi connectivity index (χ2n) is 4.67. The number of hydrogen-bond acceptors (Lipinski definition) is 2. The van der Waals surface area contributed by atoms with E-state index in [0.717, 1.165) is 32.5 Å². The molecule has 1 unspecified atom stereocenters. The molecule has 1 aliphatic rings. The van der Waals surface area contributed by atoms with Crippen LogP contribution < -0.4 is 5.32 Å². The van der Waals surface area contributed by atoms with Crippen LogP contribution in [0.2, 0.25) is 0 Å². The van der Waals surface area contributed by atoms with Gasteiger partial charge in [0.2, 0.25) is 0 Å². The Labute approximate surface area is 107 Å². The molecule has 0 saturated carbocycles. The van der Waals surface area contributed by atoms with Gasteiger partial charge in [0, 0.05) is 19.1 Å². The van der Waals surface area contributed by atoms with Crippen LogP contribution in [0.5, 0.6) is 0 Å². The topological polar surface area (TPSA) is 32.3 Å². The van der Waals surface area contributed by atoms with Gasteiger partial charge in [-0.05, 0) is 25.3 Å². The summed E-state index contributed by atoms with van der Waals surface area (Å²) in [4.78, 5) is 12.8. The predicted octanol–water partition coefficient (Wildman–Crippen LogP) is 2.03. The molecule has 5 heteroatoms. The van der Waals surface area contributed by atoms with Crippen molar-refractivity contribution in [1.82, 2.24) is 10.2 Å². The molecule has 1 N–H and O–H groups in total. The molecule has 0 aromatic carbocycles. The Kier molecular flexibility index (Phi) is 5.87. The molecular formula is C11H20Cl2N2O. The lowest BCUT2D eigenvalue weighted by atomic mass is 10.0. The first-order valence-corrected chi connectivity index (χ1v) is 6.69. The van der Waals surface area contributed by atoms with Crippen molar-refractivity contribution < 1.29 is 4.79 Å². The molecule has 0 spiro atoms. The minimum absolute atomic E-state index is 0.155. The zero-order chi connectivity index (χ0) is 12.1. The zero-order valence-electron chi connectivity index (χ0n) is 9.88. The summed E-state index contributed by atoms with van der Waals surface area (Å²) in [7, 11) is 0. The first kappa shape index (κ1) is 14.1. The van der Waals surface area contributed by atoms with Gasteiger partial charge >= 0.3 is 0 Å². The van der Waals surface area contributed by atoms with Crippen LogP contribution in [0.4, 0.5) is 0 Å². The van der Waals surface area contributed by atoms with Crippen LogP contribution in [-0.4, -0.2) is 41.3 Å². The highest BCUT2D eigenvalue weighted by molar-refractivity contribution is 6.53. The van der Waals surface area contributed by atoms with Crippen molar-refractivity contribution in [3.05, 3.63) is 0 Å². The quantitative estimate of drug-likeness (QED) is 0.793. The van der Waals surface area contributed by atoms with Crippen LogP contribution in [0.25, 0.3) is 0 Å². The maximum atomic E-state index is 11.9. The summed E-state index contributed by atoms with van der Waals surface area (Å²) in [5, 5.41) is 3.35. The average molecular weight is 267 g/mol. The standard InChI is InChI=1S/C11H20Cl2N2O/c1-8(2)6-9-7-14-4-3-5-15(9)11(16)10(12)13/h8-10,14H,3-7H2,1-2H3. The number of nitrogens with zero attached hydrogens (tertiary/aromatic N) is 1. The van der Waals surface area contributed by atoms with Crippen LogP contribution in [0.15, 0.2) is 0 Å². The van der Waals surface area contributed by atoms with Gasteiger partial charge in [-0.1, -0.05) is 37.0 Å². The molecule has 0 aliphatic carbocycles. The zero-order valence-corrected chi connectivity index (χ0v) is 11.4. The number of nitrogens with one attached hydrogen (secondary N) is 1. The maximum absolute atomic E-state index is 11.9. The average Bonchev–Trinajstić information content (AvgIpc) is 2.41. The number of carbonyl (C=O) groups excluding carboxylic acids is 1. The van der Waals surface area contributed by atoms with E-state index in [1.54, 1.807) is 0 Å². The summed E-state index contributed by atoms with van der Waals surface area (Å²) >= 11 is 11.3. The van der Waals surface area contributed by atoms with E-state index in [1.165, 1.54) is 0 Å². The SMILES string of the molecule is CC(C)CC1CNCCCN1C(=O)C(Cl)Cl. The Hall–Kier alpha value is 0.01000. The monoisotopic (exact) mass is 266 g/mol. The lowest BCUT2D eigenvalue weighted by Crippen LogP contribution is -2.46. The number of hydrogen-bond donors (Lipinski definition) is 1. The van der Waals surface area contributed by atoms with E-state index in [9.17, 15) is 4.79 Å². The number of halogens is 2. The third-order valence-electron chi connectivity index (χ3n) is 2.79. The predicted molar refractivity (Wildman–Crippen MR) is 67.9 cm³/mol. The molecule has 1 atom stereocenters. The number of carbonyl (C=O) groups is 1. The molecular weight excluding hydrogens is 247 g/mol. The van der Waals surface area contributed by atoms with Gasteiger partial charge in [-0.15, -0.1) is 0 Å². The molecule has 1 fully saturated rings. The van der Waals surface area contributed by atoms with Gasteiger partial charge in [-0.2, -0.15) is 0 Å². The summed E-state index contributed by atoms with van der Waals surface area (Å²) < 4.78 is 0. The van der Waals surface area contributed by atoms with Crippen molar-refractivity contribution in [3.63, 3.8) is 0 Å². The summed E-state index contributed by atoms with van der Waals surface area (Å²) in [6.07, 6.45) is 1.94. The van der Waals surface area contributed by atoms with E-state index >= 15 is 0 Å². The van der Waals surface area contributed by atoms with E-state index in [-0.39, 0.29) is 11.9 Å². The highest BCUT2D eigenvalue weighted by Gasteiger charge is 2.28. The maximum Gasteiger partial charge on any atom is 0.256 e. The van der Waals surface area contributed by atoms with Gasteiger partial charge in [-0.25, -0.2) is 0 Å². The van der Waals surface area contributed by atoms with Gasteiger partial charge < -0.3 is 10.2 Å². The van der Waals surface area contributed by atoms with Gasteiger partial charge in [0.05, 0.1) is 0 Å². The molecule has 94 valence electrons. The number of rotatable bonds is 3. The highest BCUT2D eigenvalue weighted by Crippen LogP contribution is 2.17. The molecule has 3 nitrogen and oxygen atoms in total. The van der Waals surface area contributed by atoms with Crippen molar-refractivity contribution in [2.24, 2.45) is 5.92 Å². The second kappa shape index (κ2) is 6.67. The van der Waals surface area contributed by atoms with Gasteiger partial charge in [-0.3, -0.25) is 4.79 Å². The summed E-state index contributed by atoms with van der Waals surface area (Å²) in [6.45, 7) is 6.86. The Morgan fingerprint density at radius 3 is 2.75 bits per heavy atom. The summed E-state index contributed by atoms with van der Waals surface area (Å²) in [5.74, 6) is 0.405. The Morgan fingerprint density at radius 2 is 2.19 bits per heavy atom. The Balaban J connectivity index is 2.69. The lowest BCUT2D eigenvalue weighted by molar-refractivity contribution is -0.131. The van der Waals surface area contributed by atoms with E-state index < -0.39 is 4.84 Å². The fourth-order valence-corrected chi connectivity index (χ4v) is 2.36. The van der Waals surface area contributed by atoms with Crippen molar-refractivity contribution >= 4 is 29.1 Å². The molecule has 16 heavy (non-hydrogen) atoms. The summed E-state index contributed by atoms with van der Waals surface area (Å²) in [6, 6.07) is 0.218. The molecule has 0 aromatic heterocycles. The van der Waals surface area contributed by atoms with Gasteiger partial charge in [0.1, 0.15) is 0 Å². The molecule has 1 heterocycles. The van der Waals surface area contributed by atoms with Crippen LogP contribution >= 0.6 is 23.2 Å². The van der Waals surface area contributed by atoms with E-state index in [4.69, 9.17) is 23.2 Å². The fraction of sp³-hybridized carbons (Fsp3) is 0.909. The van der Waals surface area contributed by atoms with Crippen LogP contribution in [0.3, 0.4) is 0 Å². The first-order chi connectivity index (χ1) is 7.52. The highest BCUT2D eigenvalue weighted by atomic mass is 35.5. The number of alkyl halides is 2. The molecule has 1 rings (SSSR count). The Bertz CT molecular complexity index is 234. The number of amides is 1. The van der Waals surface area contributed by atoms with Crippen LogP contribution in [-0.2, 0) is 4.79 Å². The Morgan fingerprint density at radius 1 is 1.50 bits per heavy atom. The normalized spacial score (nSPS) is 22.6. The van der Waals surface area contributed by atoms with Crippen molar-refractivity contribution in [1.29, 1.82) is 0 Å². The van der Waals surface area contributed by atoms with E-state index in [2.05, 4.69) is 19.2 Å². The first-order valence-electron chi connectivity index (χ1n) is 5.81. The second-order valence-corrected chi connectivity index (χ2v) is 5.77. The third-order valence-corrected chi connectivity index (χ3v) is 3.16. The molecule has 1 aliphatic heterocycles. The minimum atomic E-state index is -0.937. The molecule has 0 bridgehead atoms. The molecule has 1 saturated heterocycles. The molecule has 0 aromatic rings. The van der Waals surface area contributed by atoms with Crippen LogP contribution in [0, 0.1) is 5.92 Å². The van der Waals surface area contributed by atoms with Crippen molar-refractivity contribution in [2.75, 3.05) is 19.6 Å². The van der Waals surface area contributed by atoms with Gasteiger partial charge in [0.25, 0.3) is 5.91 Å². The minimum Gasteiger partial charge on any atom is -0.336 e. The third kappa shape index (κ3) is 4.11. The molecule has 0 radical (unpaired) electrons. The van der Waals surface area contributed by atoms with Gasteiger partial charge in [0.15, 0.2) is 4.84 Å².